The molecule has 4 nitrogen and oxygen atoms in total. The number of likely N-dealkylation sites (tertiary alicyclic amines) is 1. The van der Waals surface area contributed by atoms with Crippen LogP contribution in [0.25, 0.3) is 0 Å². The van der Waals surface area contributed by atoms with Crippen LogP contribution in [0, 0.1) is 5.92 Å². The summed E-state index contributed by atoms with van der Waals surface area (Å²) in [6.07, 6.45) is 2.32. The number of nitrogens with zero attached hydrogens (tertiary/aromatic N) is 1. The number of hydrogen-bond acceptors (Lipinski definition) is 3. The van der Waals surface area contributed by atoms with Crippen LogP contribution in [0.5, 0.6) is 0 Å². The summed E-state index contributed by atoms with van der Waals surface area (Å²) < 4.78 is 0. The lowest BCUT2D eigenvalue weighted by Gasteiger charge is -2.32. The van der Waals surface area contributed by atoms with E-state index in [4.69, 9.17) is 17.3 Å². The lowest BCUT2D eigenvalue weighted by molar-refractivity contribution is -0.121. The van der Waals surface area contributed by atoms with Gasteiger partial charge in [-0.25, -0.2) is 0 Å². The molecule has 1 aliphatic rings. The van der Waals surface area contributed by atoms with Gasteiger partial charge in [0, 0.05) is 11.1 Å². The fraction of sp³-hybridized carbons (Fsp3) is 0.562. The van der Waals surface area contributed by atoms with Gasteiger partial charge in [0.25, 0.3) is 0 Å². The Morgan fingerprint density at radius 2 is 2.14 bits per heavy atom. The molecule has 1 amide bonds. The van der Waals surface area contributed by atoms with E-state index >= 15 is 0 Å². The molecular weight excluding hydrogens is 286 g/mol. The maximum Gasteiger partial charge on any atom is 0.241 e. The highest BCUT2D eigenvalue weighted by atomic mass is 35.5. The third kappa shape index (κ3) is 3.69. The average molecular weight is 310 g/mol. The minimum absolute atomic E-state index is 0.0171. The van der Waals surface area contributed by atoms with Gasteiger partial charge in [-0.15, -0.1) is 0 Å². The van der Waals surface area contributed by atoms with E-state index in [1.165, 1.54) is 6.42 Å². The smallest absolute Gasteiger partial charge is 0.241 e. The van der Waals surface area contributed by atoms with E-state index in [1.807, 2.05) is 6.92 Å². The molecule has 1 saturated heterocycles. The number of nitrogens with two attached hydrogens (primary N) is 1. The zero-order valence-corrected chi connectivity index (χ0v) is 13.7. The van der Waals surface area contributed by atoms with Crippen molar-refractivity contribution in [1.29, 1.82) is 0 Å². The molecule has 3 N–H and O–H groups in total. The number of carbonyl (C=O) groups is 1. The summed E-state index contributed by atoms with van der Waals surface area (Å²) in [6.45, 7) is 7.37. The first-order valence-corrected chi connectivity index (χ1v) is 7.89. The molecule has 2 atom stereocenters. The molecule has 0 aromatic heterocycles. The van der Waals surface area contributed by atoms with E-state index in [1.54, 1.807) is 18.2 Å². The standard InChI is InChI=1S/C16H24ClN3O/c1-10(2)15-5-4-8-20(15)11(3)16(21)19-14-7-6-12(17)9-13(14)18/h6-7,9-11,15H,4-5,8,18H2,1-3H3,(H,19,21). The van der Waals surface area contributed by atoms with Gasteiger partial charge in [0.2, 0.25) is 5.91 Å². The van der Waals surface area contributed by atoms with Crippen LogP contribution >= 0.6 is 11.6 Å². The third-order valence-corrected chi connectivity index (χ3v) is 4.50. The van der Waals surface area contributed by atoms with Crippen molar-refractivity contribution in [2.24, 2.45) is 5.92 Å². The second kappa shape index (κ2) is 6.67. The summed E-state index contributed by atoms with van der Waals surface area (Å²) in [4.78, 5) is 14.8. The normalized spacial score (nSPS) is 20.7. The van der Waals surface area contributed by atoms with Gasteiger partial charge < -0.3 is 11.1 Å². The molecular formula is C16H24ClN3O. The van der Waals surface area contributed by atoms with Crippen LogP contribution < -0.4 is 11.1 Å². The van der Waals surface area contributed by atoms with Gasteiger partial charge in [0.05, 0.1) is 17.4 Å². The van der Waals surface area contributed by atoms with E-state index in [0.29, 0.717) is 28.4 Å². The zero-order chi connectivity index (χ0) is 15.6. The molecule has 1 fully saturated rings. The van der Waals surface area contributed by atoms with Gasteiger partial charge in [-0.2, -0.15) is 0 Å². The van der Waals surface area contributed by atoms with Crippen molar-refractivity contribution < 1.29 is 4.79 Å². The maximum absolute atomic E-state index is 12.5. The Labute approximate surface area is 131 Å². The number of amides is 1. The predicted molar refractivity (Wildman–Crippen MR) is 88.5 cm³/mol. The number of nitrogen functional groups attached to an aromatic ring is 1. The first-order chi connectivity index (χ1) is 9.90. The molecule has 0 aliphatic carbocycles. The Morgan fingerprint density at radius 3 is 2.76 bits per heavy atom. The first kappa shape index (κ1) is 16.1. The van der Waals surface area contributed by atoms with Gasteiger partial charge in [0.15, 0.2) is 0 Å². The summed E-state index contributed by atoms with van der Waals surface area (Å²) >= 11 is 5.87. The van der Waals surface area contributed by atoms with Crippen molar-refractivity contribution >= 4 is 28.9 Å². The summed E-state index contributed by atoms with van der Waals surface area (Å²) in [7, 11) is 0. The number of rotatable bonds is 4. The summed E-state index contributed by atoms with van der Waals surface area (Å²) in [5.41, 5.74) is 7.00. The minimum Gasteiger partial charge on any atom is -0.397 e. The molecule has 0 saturated carbocycles. The molecule has 0 spiro atoms. The largest absolute Gasteiger partial charge is 0.397 e. The summed E-state index contributed by atoms with van der Waals surface area (Å²) in [5.74, 6) is 0.542. The van der Waals surface area contributed by atoms with Crippen LogP contribution in [0.15, 0.2) is 18.2 Å². The van der Waals surface area contributed by atoms with Gasteiger partial charge in [0.1, 0.15) is 0 Å². The number of carbonyl (C=O) groups excluding carboxylic acids is 1. The molecule has 116 valence electrons. The van der Waals surface area contributed by atoms with E-state index in [-0.39, 0.29) is 11.9 Å². The summed E-state index contributed by atoms with van der Waals surface area (Å²) in [5, 5.41) is 3.48. The Hall–Kier alpha value is -1.26. The van der Waals surface area contributed by atoms with Gasteiger partial charge >= 0.3 is 0 Å². The van der Waals surface area contributed by atoms with E-state index in [2.05, 4.69) is 24.1 Å². The number of nitrogens with one attached hydrogen (secondary N) is 1. The minimum atomic E-state index is -0.157. The van der Waals surface area contributed by atoms with Crippen LogP contribution in [0.3, 0.4) is 0 Å². The number of hydrogen-bond donors (Lipinski definition) is 2. The van der Waals surface area contributed by atoms with Gasteiger partial charge in [-0.3, -0.25) is 9.69 Å². The molecule has 0 radical (unpaired) electrons. The Bertz CT molecular complexity index is 518. The molecule has 1 aromatic carbocycles. The van der Waals surface area contributed by atoms with E-state index in [9.17, 15) is 4.79 Å². The Morgan fingerprint density at radius 1 is 1.43 bits per heavy atom. The Kier molecular flexibility index (Phi) is 5.12. The topological polar surface area (TPSA) is 58.4 Å². The van der Waals surface area contributed by atoms with Crippen molar-refractivity contribution in [3.8, 4) is 0 Å². The fourth-order valence-electron chi connectivity index (χ4n) is 3.05. The van der Waals surface area contributed by atoms with Crippen molar-refractivity contribution in [2.45, 2.75) is 45.7 Å². The monoisotopic (exact) mass is 309 g/mol. The third-order valence-electron chi connectivity index (χ3n) is 4.26. The molecule has 2 unspecified atom stereocenters. The molecule has 21 heavy (non-hydrogen) atoms. The molecule has 0 bridgehead atoms. The first-order valence-electron chi connectivity index (χ1n) is 7.51. The van der Waals surface area contributed by atoms with Crippen molar-refractivity contribution in [3.63, 3.8) is 0 Å². The van der Waals surface area contributed by atoms with Crippen LogP contribution in [-0.4, -0.2) is 29.4 Å². The highest BCUT2D eigenvalue weighted by Gasteiger charge is 2.33. The van der Waals surface area contributed by atoms with Crippen molar-refractivity contribution in [3.05, 3.63) is 23.2 Å². The Balaban J connectivity index is 2.05. The highest BCUT2D eigenvalue weighted by molar-refractivity contribution is 6.31. The number of halogens is 1. The average Bonchev–Trinajstić information content (AvgIpc) is 2.90. The van der Waals surface area contributed by atoms with Crippen LogP contribution in [-0.2, 0) is 4.79 Å². The second-order valence-electron chi connectivity index (χ2n) is 6.09. The molecule has 5 heteroatoms. The molecule has 1 aromatic rings. The van der Waals surface area contributed by atoms with Crippen molar-refractivity contribution in [2.75, 3.05) is 17.6 Å². The number of anilines is 2. The van der Waals surface area contributed by atoms with E-state index < -0.39 is 0 Å². The predicted octanol–water partition coefficient (Wildman–Crippen LogP) is 3.37. The van der Waals surface area contributed by atoms with E-state index in [0.717, 1.165) is 13.0 Å². The van der Waals surface area contributed by atoms with Crippen LogP contribution in [0.2, 0.25) is 5.02 Å². The quantitative estimate of drug-likeness (QED) is 0.838. The fourth-order valence-corrected chi connectivity index (χ4v) is 3.23. The SMILES string of the molecule is CC(C)C1CCCN1C(C)C(=O)Nc1ccc(Cl)cc1N. The van der Waals surface area contributed by atoms with Crippen LogP contribution in [0.4, 0.5) is 11.4 Å². The van der Waals surface area contributed by atoms with Gasteiger partial charge in [-0.1, -0.05) is 25.4 Å². The lowest BCUT2D eigenvalue weighted by Crippen LogP contribution is -2.46. The lowest BCUT2D eigenvalue weighted by atomic mass is 10.0. The van der Waals surface area contributed by atoms with Crippen molar-refractivity contribution in [1.82, 2.24) is 4.90 Å². The zero-order valence-electron chi connectivity index (χ0n) is 12.9. The molecule has 1 aliphatic heterocycles. The highest BCUT2D eigenvalue weighted by Crippen LogP contribution is 2.27. The number of benzene rings is 1. The summed E-state index contributed by atoms with van der Waals surface area (Å²) in [6, 6.07) is 5.44. The molecule has 2 rings (SSSR count). The second-order valence-corrected chi connectivity index (χ2v) is 6.52. The van der Waals surface area contributed by atoms with Gasteiger partial charge in [-0.05, 0) is 50.4 Å². The maximum atomic E-state index is 12.5. The van der Waals surface area contributed by atoms with Crippen LogP contribution in [0.1, 0.15) is 33.6 Å². The molecule has 1 heterocycles.